The second-order valence-corrected chi connectivity index (χ2v) is 10.0. The number of furan rings is 1. The second-order valence-electron chi connectivity index (χ2n) is 8.57. The van der Waals surface area contributed by atoms with Gasteiger partial charge in [0.15, 0.2) is 5.76 Å². The molecule has 0 radical (unpaired) electrons. The molecule has 0 spiro atoms. The molecule has 2 aromatic carbocycles. The zero-order chi connectivity index (χ0) is 24.6. The zero-order valence-corrected chi connectivity index (χ0v) is 21.1. The maximum atomic E-state index is 11.3. The van der Waals surface area contributed by atoms with Crippen LogP contribution in [0, 0.1) is 0 Å². The number of benzene rings is 2. The highest BCUT2D eigenvalue weighted by Crippen LogP contribution is 2.41. The topological polar surface area (TPSA) is 79.3 Å². The number of rotatable bonds is 6. The van der Waals surface area contributed by atoms with Crippen LogP contribution in [0.1, 0.15) is 16.5 Å². The van der Waals surface area contributed by atoms with E-state index < -0.39 is 0 Å². The highest BCUT2D eigenvalue weighted by Gasteiger charge is 2.32. The number of methoxy groups -OCH3 is 1. The van der Waals surface area contributed by atoms with Gasteiger partial charge >= 0.3 is 0 Å². The number of halogens is 1. The summed E-state index contributed by atoms with van der Waals surface area (Å²) in [6, 6.07) is 19.4. The molecule has 8 nitrogen and oxygen atoms in total. The van der Waals surface area contributed by atoms with E-state index in [1.54, 1.807) is 25.5 Å². The molecule has 1 atom stereocenters. The van der Waals surface area contributed by atoms with Crippen molar-refractivity contribution in [1.29, 1.82) is 0 Å². The number of ether oxygens (including phenoxy) is 1. The van der Waals surface area contributed by atoms with Crippen LogP contribution in [-0.4, -0.2) is 57.9 Å². The number of anilines is 1. The van der Waals surface area contributed by atoms with E-state index in [9.17, 15) is 5.11 Å². The van der Waals surface area contributed by atoms with E-state index in [4.69, 9.17) is 20.8 Å². The number of hydrogen-bond acceptors (Lipinski definition) is 8. The molecule has 0 aliphatic carbocycles. The molecule has 5 aromatic rings. The van der Waals surface area contributed by atoms with Crippen LogP contribution in [0.2, 0.25) is 5.02 Å². The summed E-state index contributed by atoms with van der Waals surface area (Å²) < 4.78 is 12.2. The number of thiazole rings is 1. The molecule has 1 aliphatic heterocycles. The lowest BCUT2D eigenvalue weighted by Crippen LogP contribution is -2.47. The molecule has 3 aromatic heterocycles. The van der Waals surface area contributed by atoms with Gasteiger partial charge in [-0.05, 0) is 54.1 Å². The first kappa shape index (κ1) is 22.9. The third-order valence-electron chi connectivity index (χ3n) is 6.49. The Morgan fingerprint density at radius 2 is 1.78 bits per heavy atom. The van der Waals surface area contributed by atoms with Crippen LogP contribution in [0.4, 0.5) is 5.69 Å². The Labute approximate surface area is 216 Å². The van der Waals surface area contributed by atoms with Crippen LogP contribution in [0.25, 0.3) is 16.5 Å². The van der Waals surface area contributed by atoms with E-state index in [0.29, 0.717) is 21.6 Å². The number of piperazine rings is 1. The maximum Gasteiger partial charge on any atom is 0.230 e. The third kappa shape index (κ3) is 4.19. The van der Waals surface area contributed by atoms with Gasteiger partial charge in [0.25, 0.3) is 0 Å². The highest BCUT2D eigenvalue weighted by molar-refractivity contribution is 7.17. The van der Waals surface area contributed by atoms with Crippen molar-refractivity contribution >= 4 is 33.6 Å². The molecular formula is C26H24ClN5O3S. The van der Waals surface area contributed by atoms with Crippen molar-refractivity contribution in [3.05, 3.63) is 82.4 Å². The van der Waals surface area contributed by atoms with Gasteiger partial charge < -0.3 is 19.2 Å². The van der Waals surface area contributed by atoms with E-state index in [0.717, 1.165) is 42.4 Å². The van der Waals surface area contributed by atoms with Gasteiger partial charge in [0, 0.05) is 36.9 Å². The van der Waals surface area contributed by atoms with Crippen molar-refractivity contribution in [3.8, 4) is 23.2 Å². The Balaban J connectivity index is 1.31. The third-order valence-corrected chi connectivity index (χ3v) is 7.82. The van der Waals surface area contributed by atoms with Gasteiger partial charge in [-0.1, -0.05) is 35.1 Å². The van der Waals surface area contributed by atoms with Crippen molar-refractivity contribution < 1.29 is 14.3 Å². The van der Waals surface area contributed by atoms with Crippen LogP contribution in [0.15, 0.2) is 71.3 Å². The van der Waals surface area contributed by atoms with Gasteiger partial charge in [0.05, 0.1) is 24.3 Å². The average Bonchev–Trinajstić information content (AvgIpc) is 3.65. The van der Waals surface area contributed by atoms with Gasteiger partial charge in [0.1, 0.15) is 5.75 Å². The normalized spacial score (nSPS) is 15.4. The molecule has 0 bridgehead atoms. The smallest absolute Gasteiger partial charge is 0.230 e. The fourth-order valence-corrected chi connectivity index (χ4v) is 5.89. The summed E-state index contributed by atoms with van der Waals surface area (Å²) in [7, 11) is 1.68. The van der Waals surface area contributed by atoms with E-state index in [1.807, 2.05) is 36.4 Å². The first-order valence-corrected chi connectivity index (χ1v) is 12.8. The molecule has 184 valence electrons. The van der Waals surface area contributed by atoms with E-state index in [-0.39, 0.29) is 11.9 Å². The second kappa shape index (κ2) is 9.50. The van der Waals surface area contributed by atoms with E-state index >= 15 is 0 Å². The zero-order valence-electron chi connectivity index (χ0n) is 19.5. The number of aromatic nitrogens is 3. The van der Waals surface area contributed by atoms with Crippen molar-refractivity contribution in [1.82, 2.24) is 19.5 Å². The molecule has 10 heteroatoms. The summed E-state index contributed by atoms with van der Waals surface area (Å²) in [6.07, 6.45) is 1.58. The van der Waals surface area contributed by atoms with Gasteiger partial charge in [-0.25, -0.2) is 0 Å². The summed E-state index contributed by atoms with van der Waals surface area (Å²) in [6.45, 7) is 3.37. The lowest BCUT2D eigenvalue weighted by molar-refractivity contribution is 0.211. The van der Waals surface area contributed by atoms with Crippen molar-refractivity contribution in [3.63, 3.8) is 0 Å². The number of hydrogen-bond donors (Lipinski definition) is 1. The SMILES string of the molecule is COc1ccc(N2CCN([C@H](c3ccc(Cl)cc3)c3sc4nc(-c5ccco5)nn4c3O)CC2)cc1. The quantitative estimate of drug-likeness (QED) is 0.323. The molecule has 36 heavy (non-hydrogen) atoms. The van der Waals surface area contributed by atoms with Crippen molar-refractivity contribution in [2.24, 2.45) is 0 Å². The van der Waals surface area contributed by atoms with Crippen molar-refractivity contribution in [2.45, 2.75) is 6.04 Å². The monoisotopic (exact) mass is 521 g/mol. The first-order chi connectivity index (χ1) is 17.6. The Morgan fingerprint density at radius 1 is 1.03 bits per heavy atom. The van der Waals surface area contributed by atoms with E-state index in [1.165, 1.54) is 21.5 Å². The fraction of sp³-hybridized carbons (Fsp3) is 0.231. The molecule has 0 unspecified atom stereocenters. The lowest BCUT2D eigenvalue weighted by atomic mass is 10.0. The van der Waals surface area contributed by atoms with Crippen LogP contribution in [-0.2, 0) is 0 Å². The molecule has 1 aliphatic rings. The van der Waals surface area contributed by atoms with E-state index in [2.05, 4.69) is 32.0 Å². The predicted octanol–water partition coefficient (Wildman–Crippen LogP) is 5.33. The fourth-order valence-electron chi connectivity index (χ4n) is 4.64. The number of nitrogens with zero attached hydrogens (tertiary/aromatic N) is 5. The Hall–Kier alpha value is -3.53. The molecule has 6 rings (SSSR count). The lowest BCUT2D eigenvalue weighted by Gasteiger charge is -2.40. The number of aromatic hydroxyl groups is 1. The maximum absolute atomic E-state index is 11.3. The van der Waals surface area contributed by atoms with Crippen LogP contribution >= 0.6 is 22.9 Å². The molecular weight excluding hydrogens is 498 g/mol. The minimum absolute atomic E-state index is 0.0952. The molecule has 1 saturated heterocycles. The summed E-state index contributed by atoms with van der Waals surface area (Å²) >= 11 is 7.63. The number of fused-ring (bicyclic) bond motifs is 1. The molecule has 4 heterocycles. The Morgan fingerprint density at radius 3 is 2.42 bits per heavy atom. The Kier molecular flexibility index (Phi) is 6.04. The van der Waals surface area contributed by atoms with Crippen LogP contribution in [0.3, 0.4) is 0 Å². The predicted molar refractivity (Wildman–Crippen MR) is 140 cm³/mol. The molecule has 1 N–H and O–H groups in total. The standard InChI is InChI=1S/C26H24ClN5O3S/c1-34-20-10-8-19(9-11-20)30-12-14-31(15-13-30)22(17-4-6-18(27)7-5-17)23-25(33)32-26(36-23)28-24(29-32)21-3-2-16-35-21/h2-11,16,22,33H,12-15H2,1H3/t22-/m1/s1. The Bertz CT molecular complexity index is 1460. The summed E-state index contributed by atoms with van der Waals surface area (Å²) in [4.78, 5) is 10.8. The summed E-state index contributed by atoms with van der Waals surface area (Å²) in [5.74, 6) is 1.96. The average molecular weight is 522 g/mol. The molecule has 0 amide bonds. The molecule has 1 fully saturated rings. The minimum atomic E-state index is -0.152. The van der Waals surface area contributed by atoms with Gasteiger partial charge in [-0.2, -0.15) is 9.50 Å². The van der Waals surface area contributed by atoms with Gasteiger partial charge in [-0.15, -0.1) is 5.10 Å². The van der Waals surface area contributed by atoms with Crippen molar-refractivity contribution in [2.75, 3.05) is 38.2 Å². The highest BCUT2D eigenvalue weighted by atomic mass is 35.5. The summed E-state index contributed by atoms with van der Waals surface area (Å²) in [5, 5.41) is 16.4. The van der Waals surface area contributed by atoms with Gasteiger partial charge in [0.2, 0.25) is 16.7 Å². The largest absolute Gasteiger partial charge is 0.497 e. The van der Waals surface area contributed by atoms with Crippen LogP contribution in [0.5, 0.6) is 11.6 Å². The minimum Gasteiger partial charge on any atom is -0.497 e. The van der Waals surface area contributed by atoms with Gasteiger partial charge in [-0.3, -0.25) is 4.90 Å². The first-order valence-electron chi connectivity index (χ1n) is 11.6. The van der Waals surface area contributed by atoms with Crippen LogP contribution < -0.4 is 9.64 Å². The summed E-state index contributed by atoms with van der Waals surface area (Å²) in [5.41, 5.74) is 2.23. The molecule has 0 saturated carbocycles.